The summed E-state index contributed by atoms with van der Waals surface area (Å²) in [7, 11) is 5.66. The highest BCUT2D eigenvalue weighted by atomic mass is 19.1. The molecule has 0 amide bonds. The quantitative estimate of drug-likeness (QED) is 0.656. The van der Waals surface area contributed by atoms with E-state index in [1.807, 2.05) is 31.3 Å². The van der Waals surface area contributed by atoms with Gasteiger partial charge in [-0.2, -0.15) is 0 Å². The number of guanidine groups is 1. The van der Waals surface area contributed by atoms with Gasteiger partial charge < -0.3 is 15.2 Å². The Morgan fingerprint density at radius 3 is 2.89 bits per heavy atom. The van der Waals surface area contributed by atoms with Gasteiger partial charge in [0.05, 0.1) is 0 Å². The molecule has 0 fully saturated rings. The molecule has 0 saturated carbocycles. The van der Waals surface area contributed by atoms with Crippen molar-refractivity contribution in [3.8, 4) is 0 Å². The number of aromatic amines is 1. The molecule has 1 aromatic heterocycles. The van der Waals surface area contributed by atoms with Crippen LogP contribution < -0.4 is 5.32 Å². The maximum absolute atomic E-state index is 13.1. The predicted molar refractivity (Wildman–Crippen MR) is 77.0 cm³/mol. The van der Waals surface area contributed by atoms with E-state index in [1.54, 1.807) is 7.05 Å². The zero-order chi connectivity index (χ0) is 13.8. The molecule has 2 rings (SSSR count). The van der Waals surface area contributed by atoms with E-state index in [9.17, 15) is 4.39 Å². The van der Waals surface area contributed by atoms with Gasteiger partial charge >= 0.3 is 0 Å². The molecule has 0 aliphatic rings. The molecule has 0 spiro atoms. The summed E-state index contributed by atoms with van der Waals surface area (Å²) in [4.78, 5) is 9.18. The molecule has 1 heterocycles. The molecule has 0 aliphatic heterocycles. The molecule has 19 heavy (non-hydrogen) atoms. The van der Waals surface area contributed by atoms with Crippen molar-refractivity contribution in [3.05, 3.63) is 35.8 Å². The van der Waals surface area contributed by atoms with Crippen molar-refractivity contribution >= 4 is 16.9 Å². The predicted octanol–water partition coefficient (Wildman–Crippen LogP) is 1.99. The van der Waals surface area contributed by atoms with Gasteiger partial charge in [0.25, 0.3) is 0 Å². The van der Waals surface area contributed by atoms with E-state index < -0.39 is 0 Å². The lowest BCUT2D eigenvalue weighted by atomic mass is 10.1. The average Bonchev–Trinajstić information content (AvgIpc) is 2.76. The van der Waals surface area contributed by atoms with Crippen molar-refractivity contribution < 1.29 is 4.39 Å². The number of nitrogens with zero attached hydrogens (tertiary/aromatic N) is 2. The van der Waals surface area contributed by atoms with Gasteiger partial charge in [-0.25, -0.2) is 4.39 Å². The van der Waals surface area contributed by atoms with Gasteiger partial charge in [-0.05, 0) is 30.2 Å². The molecule has 102 valence electrons. The van der Waals surface area contributed by atoms with E-state index in [0.29, 0.717) is 0 Å². The number of halogens is 1. The van der Waals surface area contributed by atoms with Crippen LogP contribution in [0.2, 0.25) is 0 Å². The lowest BCUT2D eigenvalue weighted by molar-refractivity contribution is 0.583. The van der Waals surface area contributed by atoms with Gasteiger partial charge in [0.1, 0.15) is 5.82 Å². The highest BCUT2D eigenvalue weighted by Gasteiger charge is 2.05. The fourth-order valence-electron chi connectivity index (χ4n) is 2.11. The number of hydrogen-bond acceptors (Lipinski definition) is 1. The minimum absolute atomic E-state index is 0.216. The second-order valence-electron chi connectivity index (χ2n) is 4.62. The first-order valence-electron chi connectivity index (χ1n) is 6.25. The second kappa shape index (κ2) is 5.73. The molecule has 1 aromatic carbocycles. The third-order valence-corrected chi connectivity index (χ3v) is 3.04. The van der Waals surface area contributed by atoms with Crippen LogP contribution in [0, 0.1) is 5.82 Å². The Morgan fingerprint density at radius 1 is 1.42 bits per heavy atom. The van der Waals surface area contributed by atoms with Crippen molar-refractivity contribution in [1.82, 2.24) is 15.2 Å². The molecular weight excluding hydrogens is 243 g/mol. The maximum atomic E-state index is 13.1. The highest BCUT2D eigenvalue weighted by Crippen LogP contribution is 2.19. The number of nitrogens with one attached hydrogen (secondary N) is 2. The largest absolute Gasteiger partial charge is 0.361 e. The summed E-state index contributed by atoms with van der Waals surface area (Å²) in [5.41, 5.74) is 2.02. The molecule has 0 saturated heterocycles. The van der Waals surface area contributed by atoms with Crippen LogP contribution in [-0.4, -0.2) is 43.5 Å². The fraction of sp³-hybridized carbons (Fsp3) is 0.357. The average molecular weight is 262 g/mol. The fourth-order valence-corrected chi connectivity index (χ4v) is 2.11. The van der Waals surface area contributed by atoms with Crippen LogP contribution in [0.3, 0.4) is 0 Å². The minimum atomic E-state index is -0.216. The Bertz CT molecular complexity index is 586. The minimum Gasteiger partial charge on any atom is -0.361 e. The molecular formula is C14H19FN4. The molecule has 0 atom stereocenters. The van der Waals surface area contributed by atoms with E-state index in [0.717, 1.165) is 29.8 Å². The van der Waals surface area contributed by atoms with Crippen LogP contribution in [-0.2, 0) is 6.42 Å². The number of benzene rings is 1. The lowest BCUT2D eigenvalue weighted by Crippen LogP contribution is -2.37. The molecule has 2 aromatic rings. The number of rotatable bonds is 3. The van der Waals surface area contributed by atoms with Crippen LogP contribution in [0.25, 0.3) is 10.9 Å². The Morgan fingerprint density at radius 2 is 2.21 bits per heavy atom. The van der Waals surface area contributed by atoms with E-state index >= 15 is 0 Å². The molecule has 0 aliphatic carbocycles. The number of aromatic nitrogens is 1. The van der Waals surface area contributed by atoms with Crippen LogP contribution in [0.4, 0.5) is 4.39 Å². The molecule has 2 N–H and O–H groups in total. The normalized spacial score (nSPS) is 11.9. The van der Waals surface area contributed by atoms with Crippen LogP contribution in [0.1, 0.15) is 5.56 Å². The zero-order valence-electron chi connectivity index (χ0n) is 11.5. The van der Waals surface area contributed by atoms with E-state index in [1.165, 1.54) is 17.7 Å². The van der Waals surface area contributed by atoms with E-state index in [-0.39, 0.29) is 5.82 Å². The van der Waals surface area contributed by atoms with Crippen molar-refractivity contribution in [1.29, 1.82) is 0 Å². The Hall–Kier alpha value is -2.04. The van der Waals surface area contributed by atoms with Gasteiger partial charge in [0.2, 0.25) is 0 Å². The molecule has 0 bridgehead atoms. The SMILES string of the molecule is CN=C(NCCc1c[nH]c2cc(F)ccc12)N(C)C. The number of hydrogen-bond donors (Lipinski definition) is 2. The maximum Gasteiger partial charge on any atom is 0.193 e. The molecule has 0 unspecified atom stereocenters. The lowest BCUT2D eigenvalue weighted by Gasteiger charge is -2.16. The first-order chi connectivity index (χ1) is 9.11. The third-order valence-electron chi connectivity index (χ3n) is 3.04. The number of fused-ring (bicyclic) bond motifs is 1. The third kappa shape index (κ3) is 3.05. The molecule has 4 nitrogen and oxygen atoms in total. The molecule has 5 heteroatoms. The summed E-state index contributed by atoms with van der Waals surface area (Å²) in [6, 6.07) is 4.83. The van der Waals surface area contributed by atoms with Gasteiger partial charge in [0, 0.05) is 44.8 Å². The standard InChI is InChI=1S/C14H19FN4/c1-16-14(19(2)3)17-7-6-10-9-18-13-8-11(15)4-5-12(10)13/h4-5,8-9,18H,6-7H2,1-3H3,(H,16,17). The summed E-state index contributed by atoms with van der Waals surface area (Å²) >= 11 is 0. The van der Waals surface area contributed by atoms with Crippen molar-refractivity contribution in [2.75, 3.05) is 27.7 Å². The first kappa shape index (κ1) is 13.4. The van der Waals surface area contributed by atoms with Crippen LogP contribution >= 0.6 is 0 Å². The smallest absolute Gasteiger partial charge is 0.193 e. The number of H-pyrrole nitrogens is 1. The van der Waals surface area contributed by atoms with Gasteiger partial charge in [-0.3, -0.25) is 4.99 Å². The first-order valence-corrected chi connectivity index (χ1v) is 6.25. The summed E-state index contributed by atoms with van der Waals surface area (Å²) < 4.78 is 13.1. The van der Waals surface area contributed by atoms with E-state index in [4.69, 9.17) is 0 Å². The number of aliphatic imine (C=N–C) groups is 1. The van der Waals surface area contributed by atoms with Crippen LogP contribution in [0.5, 0.6) is 0 Å². The molecule has 0 radical (unpaired) electrons. The van der Waals surface area contributed by atoms with Crippen molar-refractivity contribution in [3.63, 3.8) is 0 Å². The van der Waals surface area contributed by atoms with Crippen LogP contribution in [0.15, 0.2) is 29.4 Å². The Labute approximate surface area is 112 Å². The second-order valence-corrected chi connectivity index (χ2v) is 4.62. The van der Waals surface area contributed by atoms with Crippen molar-refractivity contribution in [2.45, 2.75) is 6.42 Å². The van der Waals surface area contributed by atoms with Crippen molar-refractivity contribution in [2.24, 2.45) is 4.99 Å². The van der Waals surface area contributed by atoms with E-state index in [2.05, 4.69) is 15.3 Å². The Kier molecular flexibility index (Phi) is 4.04. The Balaban J connectivity index is 2.02. The summed E-state index contributed by atoms with van der Waals surface area (Å²) in [6.07, 6.45) is 2.79. The summed E-state index contributed by atoms with van der Waals surface area (Å²) in [5, 5.41) is 4.34. The topological polar surface area (TPSA) is 43.4 Å². The summed E-state index contributed by atoms with van der Waals surface area (Å²) in [5.74, 6) is 0.637. The van der Waals surface area contributed by atoms with Gasteiger partial charge in [0.15, 0.2) is 5.96 Å². The highest BCUT2D eigenvalue weighted by molar-refractivity contribution is 5.83. The zero-order valence-corrected chi connectivity index (χ0v) is 11.5. The monoisotopic (exact) mass is 262 g/mol. The van der Waals surface area contributed by atoms with Gasteiger partial charge in [-0.15, -0.1) is 0 Å². The summed E-state index contributed by atoms with van der Waals surface area (Å²) in [6.45, 7) is 0.787. The van der Waals surface area contributed by atoms with Gasteiger partial charge in [-0.1, -0.05) is 0 Å².